The van der Waals surface area contributed by atoms with Gasteiger partial charge < -0.3 is 15.6 Å². The van der Waals surface area contributed by atoms with E-state index in [1.807, 2.05) is 0 Å². The van der Waals surface area contributed by atoms with Gasteiger partial charge in [0.25, 0.3) is 0 Å². The summed E-state index contributed by atoms with van der Waals surface area (Å²) in [4.78, 5) is 22.5. The maximum Gasteiger partial charge on any atom is 0.362 e. The maximum atomic E-state index is 11.6. The van der Waals surface area contributed by atoms with Crippen molar-refractivity contribution in [2.75, 3.05) is 12.3 Å². The quantitative estimate of drug-likeness (QED) is 0.780. The van der Waals surface area contributed by atoms with Gasteiger partial charge in [-0.2, -0.15) is 0 Å². The Balaban J connectivity index is 2.23. The minimum Gasteiger partial charge on any atom is -0.478 e. The molecule has 1 aromatic heterocycles. The molecule has 0 amide bonds. The van der Waals surface area contributed by atoms with Gasteiger partial charge in [-0.25, -0.2) is 14.3 Å². The Morgan fingerprint density at radius 1 is 1.43 bits per heavy atom. The van der Waals surface area contributed by atoms with E-state index in [9.17, 15) is 9.59 Å². The highest BCUT2D eigenvalue weighted by Crippen LogP contribution is 2.13. The first kappa shape index (κ1) is 14.5. The monoisotopic (exact) mass is 290 g/mol. The molecule has 0 atom stereocenters. The number of benzene rings is 1. The molecule has 0 unspecified atom stereocenters. The van der Waals surface area contributed by atoms with Crippen molar-refractivity contribution < 1.29 is 19.4 Å². The van der Waals surface area contributed by atoms with E-state index >= 15 is 0 Å². The second kappa shape index (κ2) is 6.04. The first-order valence-corrected chi connectivity index (χ1v) is 6.21. The number of carbonyl (C=O) groups is 2. The molecular formula is C13H14N4O4. The van der Waals surface area contributed by atoms with Crippen LogP contribution in [0.3, 0.4) is 0 Å². The van der Waals surface area contributed by atoms with E-state index in [0.717, 1.165) is 0 Å². The van der Waals surface area contributed by atoms with Crippen molar-refractivity contribution in [3.8, 4) is 0 Å². The van der Waals surface area contributed by atoms with E-state index in [-0.39, 0.29) is 30.2 Å². The fourth-order valence-corrected chi connectivity index (χ4v) is 1.76. The lowest BCUT2D eigenvalue weighted by Gasteiger charge is -2.05. The zero-order chi connectivity index (χ0) is 15.4. The molecule has 0 spiro atoms. The third-order valence-electron chi connectivity index (χ3n) is 2.75. The summed E-state index contributed by atoms with van der Waals surface area (Å²) in [6.07, 6.45) is 0. The highest BCUT2D eigenvalue weighted by Gasteiger charge is 2.18. The average molecular weight is 290 g/mol. The number of nitrogen functional groups attached to an aromatic ring is 1. The van der Waals surface area contributed by atoms with Crippen molar-refractivity contribution in [2.24, 2.45) is 0 Å². The predicted molar refractivity (Wildman–Crippen MR) is 72.9 cm³/mol. The number of carboxylic acids is 1. The summed E-state index contributed by atoms with van der Waals surface area (Å²) in [5, 5.41) is 16.4. The lowest BCUT2D eigenvalue weighted by atomic mass is 10.1. The zero-order valence-electron chi connectivity index (χ0n) is 11.3. The molecule has 2 rings (SSSR count). The molecule has 21 heavy (non-hydrogen) atoms. The van der Waals surface area contributed by atoms with Crippen LogP contribution >= 0.6 is 0 Å². The Bertz CT molecular complexity index is 681. The Hall–Kier alpha value is -2.90. The average Bonchev–Trinajstić information content (AvgIpc) is 2.81. The molecule has 8 nitrogen and oxygen atoms in total. The van der Waals surface area contributed by atoms with E-state index in [1.54, 1.807) is 19.1 Å². The van der Waals surface area contributed by atoms with Crippen molar-refractivity contribution in [3.05, 3.63) is 41.1 Å². The molecule has 110 valence electrons. The van der Waals surface area contributed by atoms with Gasteiger partial charge in [0.1, 0.15) is 0 Å². The number of carboxylic acid groups (broad SMARTS) is 1. The van der Waals surface area contributed by atoms with Gasteiger partial charge in [0.15, 0.2) is 5.82 Å². The van der Waals surface area contributed by atoms with Crippen molar-refractivity contribution in [3.63, 3.8) is 0 Å². The number of esters is 1. The molecule has 0 radical (unpaired) electrons. The van der Waals surface area contributed by atoms with Gasteiger partial charge in [0.05, 0.1) is 18.7 Å². The van der Waals surface area contributed by atoms with Crippen LogP contribution in [0.25, 0.3) is 0 Å². The summed E-state index contributed by atoms with van der Waals surface area (Å²) in [6, 6.07) is 6.35. The Labute approximate surface area is 120 Å². The lowest BCUT2D eigenvalue weighted by Crippen LogP contribution is -2.11. The number of anilines is 1. The second-order valence-corrected chi connectivity index (χ2v) is 4.21. The van der Waals surface area contributed by atoms with Gasteiger partial charge in [-0.05, 0) is 24.6 Å². The molecule has 0 aliphatic heterocycles. The van der Waals surface area contributed by atoms with Gasteiger partial charge >= 0.3 is 11.9 Å². The maximum absolute atomic E-state index is 11.6. The largest absolute Gasteiger partial charge is 0.478 e. The fourth-order valence-electron chi connectivity index (χ4n) is 1.76. The standard InChI is InChI=1S/C13H14N4O4/c1-2-21-13(20)10-11(14)17(16-15-10)7-8-4-3-5-9(6-8)12(18)19/h3-6H,2,7,14H2,1H3,(H,18,19). The van der Waals surface area contributed by atoms with E-state index in [4.69, 9.17) is 15.6 Å². The van der Waals surface area contributed by atoms with Crippen LogP contribution in [-0.4, -0.2) is 38.6 Å². The molecule has 0 saturated heterocycles. The van der Waals surface area contributed by atoms with E-state index in [2.05, 4.69) is 10.3 Å². The van der Waals surface area contributed by atoms with Crippen LogP contribution in [0, 0.1) is 0 Å². The van der Waals surface area contributed by atoms with Crippen LogP contribution in [0.1, 0.15) is 33.3 Å². The van der Waals surface area contributed by atoms with Crippen molar-refractivity contribution in [2.45, 2.75) is 13.5 Å². The number of hydrogen-bond donors (Lipinski definition) is 2. The first-order chi connectivity index (χ1) is 10.0. The molecule has 0 aliphatic carbocycles. The minimum atomic E-state index is -1.02. The highest BCUT2D eigenvalue weighted by atomic mass is 16.5. The third-order valence-corrected chi connectivity index (χ3v) is 2.75. The number of hydrogen-bond acceptors (Lipinski definition) is 6. The number of rotatable bonds is 5. The van der Waals surface area contributed by atoms with Gasteiger partial charge in [-0.3, -0.25) is 0 Å². The Morgan fingerprint density at radius 2 is 2.19 bits per heavy atom. The molecule has 0 fully saturated rings. The molecule has 0 saturated carbocycles. The molecule has 0 bridgehead atoms. The first-order valence-electron chi connectivity index (χ1n) is 6.21. The summed E-state index contributed by atoms with van der Waals surface area (Å²) in [7, 11) is 0. The van der Waals surface area contributed by atoms with Crippen LogP contribution in [-0.2, 0) is 11.3 Å². The van der Waals surface area contributed by atoms with Gasteiger partial charge in [-0.1, -0.05) is 17.3 Å². The van der Waals surface area contributed by atoms with E-state index in [1.165, 1.54) is 16.8 Å². The van der Waals surface area contributed by atoms with Gasteiger partial charge in [-0.15, -0.1) is 5.10 Å². The summed E-state index contributed by atoms with van der Waals surface area (Å²) in [5.74, 6) is -1.58. The van der Waals surface area contributed by atoms with Crippen molar-refractivity contribution in [1.29, 1.82) is 0 Å². The van der Waals surface area contributed by atoms with Crippen LogP contribution in [0.2, 0.25) is 0 Å². The summed E-state index contributed by atoms with van der Waals surface area (Å²) < 4.78 is 6.12. The minimum absolute atomic E-state index is 0.0498. The van der Waals surface area contributed by atoms with E-state index in [0.29, 0.717) is 5.56 Å². The molecule has 8 heteroatoms. The second-order valence-electron chi connectivity index (χ2n) is 4.21. The normalized spacial score (nSPS) is 10.3. The predicted octanol–water partition coefficient (Wildman–Crippen LogP) is 0.783. The van der Waals surface area contributed by atoms with Crippen molar-refractivity contribution in [1.82, 2.24) is 15.0 Å². The Morgan fingerprint density at radius 3 is 2.86 bits per heavy atom. The Kier molecular flexibility index (Phi) is 4.17. The van der Waals surface area contributed by atoms with Crippen LogP contribution in [0.4, 0.5) is 5.82 Å². The summed E-state index contributed by atoms with van der Waals surface area (Å²) >= 11 is 0. The van der Waals surface area contributed by atoms with Crippen LogP contribution in [0.5, 0.6) is 0 Å². The third kappa shape index (κ3) is 3.16. The smallest absolute Gasteiger partial charge is 0.362 e. The fraction of sp³-hybridized carbons (Fsp3) is 0.231. The molecule has 2 aromatic rings. The number of carbonyl (C=O) groups excluding carboxylic acids is 1. The van der Waals surface area contributed by atoms with E-state index < -0.39 is 11.9 Å². The molecule has 1 heterocycles. The molecule has 0 aliphatic rings. The van der Waals surface area contributed by atoms with Crippen LogP contribution < -0.4 is 5.73 Å². The summed E-state index contributed by atoms with van der Waals surface area (Å²) in [5.41, 5.74) is 6.60. The SMILES string of the molecule is CCOC(=O)c1nnn(Cc2cccc(C(=O)O)c2)c1N. The van der Waals surface area contributed by atoms with Crippen LogP contribution in [0.15, 0.2) is 24.3 Å². The number of aromatic carboxylic acids is 1. The molecule has 1 aromatic carbocycles. The highest BCUT2D eigenvalue weighted by molar-refractivity contribution is 5.91. The summed E-state index contributed by atoms with van der Waals surface area (Å²) in [6.45, 7) is 2.10. The lowest BCUT2D eigenvalue weighted by molar-refractivity contribution is 0.0520. The number of nitrogens with zero attached hydrogens (tertiary/aromatic N) is 3. The zero-order valence-corrected chi connectivity index (χ0v) is 11.3. The van der Waals surface area contributed by atoms with Gasteiger partial charge in [0, 0.05) is 0 Å². The molecule has 3 N–H and O–H groups in total. The van der Waals surface area contributed by atoms with Gasteiger partial charge in [0.2, 0.25) is 5.69 Å². The molecular weight excluding hydrogens is 276 g/mol. The van der Waals surface area contributed by atoms with Crippen molar-refractivity contribution >= 4 is 17.8 Å². The number of ether oxygens (including phenoxy) is 1. The number of nitrogens with two attached hydrogens (primary N) is 1. The number of aromatic nitrogens is 3. The topological polar surface area (TPSA) is 120 Å².